The second-order valence-electron chi connectivity index (χ2n) is 15.1. The van der Waals surface area contributed by atoms with Crippen molar-refractivity contribution in [3.63, 3.8) is 0 Å². The van der Waals surface area contributed by atoms with Crippen molar-refractivity contribution in [1.82, 2.24) is 20.1 Å². The molecule has 2 amide bonds. The Labute approximate surface area is 349 Å². The van der Waals surface area contributed by atoms with Crippen LogP contribution in [0.1, 0.15) is 169 Å². The summed E-state index contributed by atoms with van der Waals surface area (Å²) in [5.74, 6) is 1.35. The van der Waals surface area contributed by atoms with E-state index in [0.29, 0.717) is 12.0 Å². The van der Waals surface area contributed by atoms with Gasteiger partial charge in [-0.05, 0) is 128 Å². The highest BCUT2D eigenvalue weighted by atomic mass is 32.1. The van der Waals surface area contributed by atoms with Crippen LogP contribution >= 0.6 is 11.3 Å². The standard InChI is InChI=1S/C23H35N3OS.C13H19NO.C7H14.2C2H6.C2H4/c1-8-9-14(2)20-19(15(3)13-24-6)17-12-18(28-21(17)25-20)23(4,5)22(27)26(7)16-10-11-16;15-11-14-9-7-13(8-10-14)12-5-3-1-2-4-6-12;1-4-6-7(3)5-2;3*1-2/h9,12,15-16,24-25H,8,10-11,13H2,1-7H3;1,3,5,11,13H,2,4,6-10H2;6H,4-5H2,1-3H3;2*1-2H3;1-2H2/b14-9+;;7-6-;;;/t15-;;;;;/m1...../s1. The molecule has 318 valence electrons. The minimum atomic E-state index is -0.500. The third-order valence-electron chi connectivity index (χ3n) is 10.6. The zero-order valence-corrected chi connectivity index (χ0v) is 39.3. The second kappa shape index (κ2) is 29.1. The number of fused-ring (bicyclic) bond motifs is 1. The molecule has 0 spiro atoms. The molecule has 5 rings (SSSR count). The van der Waals surface area contributed by atoms with E-state index in [0.717, 1.165) is 68.9 Å². The Balaban J connectivity index is 0.000000902. The summed E-state index contributed by atoms with van der Waals surface area (Å²) in [5, 5.41) is 4.59. The number of nitrogens with one attached hydrogen (secondary N) is 2. The van der Waals surface area contributed by atoms with E-state index in [1.807, 2.05) is 51.6 Å². The highest BCUT2D eigenvalue weighted by Crippen LogP contribution is 2.42. The lowest BCUT2D eigenvalue weighted by Crippen LogP contribution is -2.42. The number of aromatic amines is 1. The van der Waals surface area contributed by atoms with Gasteiger partial charge in [-0.25, -0.2) is 0 Å². The normalized spacial score (nSPS) is 16.4. The topological polar surface area (TPSA) is 68.4 Å². The van der Waals surface area contributed by atoms with E-state index < -0.39 is 5.41 Å². The van der Waals surface area contributed by atoms with Crippen molar-refractivity contribution in [1.29, 1.82) is 0 Å². The molecule has 2 aromatic rings. The number of hydrogen-bond acceptors (Lipinski definition) is 4. The first kappa shape index (κ1) is 52.8. The number of hydrogen-bond donors (Lipinski definition) is 2. The number of likely N-dealkylation sites (tertiary alicyclic amines) is 1. The molecule has 2 aromatic heterocycles. The average molecular weight is 793 g/mol. The van der Waals surface area contributed by atoms with Gasteiger partial charge in [-0.2, -0.15) is 0 Å². The van der Waals surface area contributed by atoms with Crippen molar-refractivity contribution in [2.45, 2.75) is 165 Å². The molecule has 0 radical (unpaired) electrons. The van der Waals surface area contributed by atoms with Gasteiger partial charge in [-0.1, -0.05) is 96.9 Å². The third-order valence-corrected chi connectivity index (χ3v) is 12.0. The number of allylic oxidation sites excluding steroid dienone is 8. The van der Waals surface area contributed by atoms with Crippen LogP contribution in [0.2, 0.25) is 0 Å². The number of nitrogens with zero attached hydrogens (tertiary/aromatic N) is 2. The summed E-state index contributed by atoms with van der Waals surface area (Å²) in [7, 11) is 3.96. The maximum absolute atomic E-state index is 13.1. The van der Waals surface area contributed by atoms with Crippen LogP contribution in [-0.2, 0) is 15.0 Å². The lowest BCUT2D eigenvalue weighted by molar-refractivity contribution is -0.135. The number of carbonyl (C=O) groups excluding carboxylic acids is 2. The quantitative estimate of drug-likeness (QED) is 0.166. The summed E-state index contributed by atoms with van der Waals surface area (Å²) in [4.78, 5) is 33.6. The molecule has 56 heavy (non-hydrogen) atoms. The first-order valence-corrected chi connectivity index (χ1v) is 22.7. The number of rotatable bonds is 12. The van der Waals surface area contributed by atoms with Gasteiger partial charge >= 0.3 is 0 Å². The summed E-state index contributed by atoms with van der Waals surface area (Å²) < 4.78 is 0. The molecule has 2 fully saturated rings. The Morgan fingerprint density at radius 1 is 1.05 bits per heavy atom. The van der Waals surface area contributed by atoms with Crippen LogP contribution in [0.5, 0.6) is 0 Å². The smallest absolute Gasteiger partial charge is 0.233 e. The SMILES string of the molecule is C=C.CC.CC.CC/C=C(/C)CC.CC/C=C(\C)c1[nH]c2sc(C(C)(C)C(=O)N(C)C3CC3)cc2c1[C@H](C)CNC.O=CN1CCC(C2=CC=CCCC2)CC1. The first-order valence-electron chi connectivity index (χ1n) is 21.9. The van der Waals surface area contributed by atoms with E-state index in [-0.39, 0.29) is 5.91 Å². The number of H-pyrrole nitrogens is 1. The molecule has 1 atom stereocenters. The molecular weight excluding hydrogens is 709 g/mol. The summed E-state index contributed by atoms with van der Waals surface area (Å²) in [6, 6.07) is 2.70. The van der Waals surface area contributed by atoms with Crippen molar-refractivity contribution in [3.05, 3.63) is 76.9 Å². The van der Waals surface area contributed by atoms with Crippen molar-refractivity contribution >= 4 is 39.4 Å². The van der Waals surface area contributed by atoms with E-state index in [4.69, 9.17) is 0 Å². The highest BCUT2D eigenvalue weighted by molar-refractivity contribution is 7.19. The molecule has 0 unspecified atom stereocenters. The van der Waals surface area contributed by atoms with Gasteiger partial charge < -0.3 is 20.1 Å². The fraction of sp³-hybridized carbons (Fsp3) is 0.633. The van der Waals surface area contributed by atoms with Gasteiger partial charge in [0.2, 0.25) is 12.3 Å². The number of likely N-dealkylation sites (N-methyl/N-ethyl adjacent to an activating group) is 2. The van der Waals surface area contributed by atoms with Crippen LogP contribution in [0.15, 0.2) is 60.8 Å². The molecule has 1 aliphatic heterocycles. The fourth-order valence-electron chi connectivity index (χ4n) is 7.12. The van der Waals surface area contributed by atoms with E-state index >= 15 is 0 Å². The molecule has 2 aliphatic carbocycles. The largest absolute Gasteiger partial charge is 0.346 e. The molecule has 6 nitrogen and oxygen atoms in total. The van der Waals surface area contributed by atoms with Crippen molar-refractivity contribution < 1.29 is 9.59 Å². The van der Waals surface area contributed by atoms with Crippen LogP contribution in [-0.4, -0.2) is 66.9 Å². The Morgan fingerprint density at radius 2 is 1.66 bits per heavy atom. The minimum absolute atomic E-state index is 0.228. The third kappa shape index (κ3) is 16.4. The predicted molar refractivity (Wildman–Crippen MR) is 251 cm³/mol. The van der Waals surface area contributed by atoms with Gasteiger partial charge in [0.05, 0.1) is 5.41 Å². The molecule has 3 heterocycles. The van der Waals surface area contributed by atoms with Crippen molar-refractivity contribution in [3.8, 4) is 0 Å². The van der Waals surface area contributed by atoms with E-state index in [1.165, 1.54) is 64.7 Å². The Hall–Kier alpha value is -3.16. The lowest BCUT2D eigenvalue weighted by atomic mass is 9.87. The molecule has 1 saturated carbocycles. The van der Waals surface area contributed by atoms with Crippen LogP contribution in [0.25, 0.3) is 15.8 Å². The van der Waals surface area contributed by atoms with Gasteiger partial charge in [-0.15, -0.1) is 24.5 Å². The molecule has 3 aliphatic rings. The second-order valence-corrected chi connectivity index (χ2v) is 16.1. The molecule has 7 heteroatoms. The van der Waals surface area contributed by atoms with Gasteiger partial charge in [0.15, 0.2) is 0 Å². The maximum Gasteiger partial charge on any atom is 0.233 e. The summed E-state index contributed by atoms with van der Waals surface area (Å²) in [5.41, 5.74) is 6.52. The van der Waals surface area contributed by atoms with Crippen molar-refractivity contribution in [2.24, 2.45) is 5.92 Å². The Morgan fingerprint density at radius 3 is 2.16 bits per heavy atom. The number of carbonyl (C=O) groups is 2. The van der Waals surface area contributed by atoms with Crippen LogP contribution in [0.4, 0.5) is 0 Å². The van der Waals surface area contributed by atoms with Gasteiger partial charge in [0, 0.05) is 48.7 Å². The lowest BCUT2D eigenvalue weighted by Gasteiger charge is -2.30. The van der Waals surface area contributed by atoms with Crippen LogP contribution in [0, 0.1) is 5.92 Å². The minimum Gasteiger partial charge on any atom is -0.346 e. The monoisotopic (exact) mass is 793 g/mol. The van der Waals surface area contributed by atoms with E-state index in [2.05, 4.69) is 115 Å². The summed E-state index contributed by atoms with van der Waals surface area (Å²) >= 11 is 1.74. The van der Waals surface area contributed by atoms with E-state index in [9.17, 15) is 9.59 Å². The Kier molecular flexibility index (Phi) is 27.5. The molecule has 0 bridgehead atoms. The molecule has 2 N–H and O–H groups in total. The van der Waals surface area contributed by atoms with E-state index in [1.54, 1.807) is 16.9 Å². The first-order chi connectivity index (χ1) is 26.9. The van der Waals surface area contributed by atoms with Gasteiger partial charge in [0.25, 0.3) is 0 Å². The number of aromatic nitrogens is 1. The molecule has 1 saturated heterocycles. The van der Waals surface area contributed by atoms with Crippen LogP contribution < -0.4 is 5.32 Å². The Bertz CT molecular complexity index is 1510. The molecular formula is C49H84N4O2S. The number of piperidine rings is 1. The fourth-order valence-corrected chi connectivity index (χ4v) is 8.30. The van der Waals surface area contributed by atoms with Gasteiger partial charge in [0.1, 0.15) is 4.83 Å². The number of amides is 2. The summed E-state index contributed by atoms with van der Waals surface area (Å²) in [6.45, 7) is 34.1. The zero-order valence-electron chi connectivity index (χ0n) is 38.5. The predicted octanol–water partition coefficient (Wildman–Crippen LogP) is 13.4. The average Bonchev–Trinajstić information content (AvgIpc) is 3.97. The zero-order chi connectivity index (χ0) is 42.8. The molecule has 0 aromatic carbocycles. The van der Waals surface area contributed by atoms with Gasteiger partial charge in [-0.3, -0.25) is 9.59 Å². The summed E-state index contributed by atoms with van der Waals surface area (Å²) in [6.07, 6.45) is 24.0. The number of thiophene rings is 1. The maximum atomic E-state index is 13.1. The van der Waals surface area contributed by atoms with Crippen LogP contribution in [0.3, 0.4) is 0 Å². The highest BCUT2D eigenvalue weighted by Gasteiger charge is 2.40. The van der Waals surface area contributed by atoms with Crippen molar-refractivity contribution in [2.75, 3.05) is 33.7 Å².